The molecule has 1 amide bonds. The molecule has 104 valence electrons. The van der Waals surface area contributed by atoms with Gasteiger partial charge in [0.2, 0.25) is 0 Å². The van der Waals surface area contributed by atoms with Gasteiger partial charge in [0, 0.05) is 19.7 Å². The number of rotatable bonds is 5. The maximum Gasteiger partial charge on any atom is 0.306 e. The predicted octanol–water partition coefficient (Wildman–Crippen LogP) is -1.26. The van der Waals surface area contributed by atoms with Gasteiger partial charge in [-0.1, -0.05) is 0 Å². The normalized spacial score (nSPS) is 13.6. The van der Waals surface area contributed by atoms with Crippen LogP contribution in [0.2, 0.25) is 0 Å². The lowest BCUT2D eigenvalue weighted by molar-refractivity contribution is -0.141. The molecule has 0 aliphatic carbocycles. The molecule has 0 radical (unpaired) electrons. The van der Waals surface area contributed by atoms with Crippen LogP contribution in [0.5, 0.6) is 0 Å². The highest BCUT2D eigenvalue weighted by molar-refractivity contribution is 5.92. The van der Waals surface area contributed by atoms with Crippen LogP contribution in [0.1, 0.15) is 23.8 Å². The minimum atomic E-state index is -1.55. The average Bonchev–Trinajstić information content (AvgIpc) is 2.28. The molecule has 19 heavy (non-hydrogen) atoms. The molecule has 0 aliphatic rings. The SMILES string of the molecule is Cn1nc(C(=O)NCC(C)(O)CC(=O)O)ccc1=O. The highest BCUT2D eigenvalue weighted by Gasteiger charge is 2.25. The van der Waals surface area contributed by atoms with Crippen LogP contribution in [0.3, 0.4) is 0 Å². The number of carboxylic acid groups (broad SMARTS) is 1. The van der Waals surface area contributed by atoms with E-state index in [2.05, 4.69) is 10.4 Å². The fourth-order valence-electron chi connectivity index (χ4n) is 1.37. The Morgan fingerprint density at radius 2 is 2.11 bits per heavy atom. The number of carbonyl (C=O) groups excluding carboxylic acids is 1. The van der Waals surface area contributed by atoms with Crippen LogP contribution in [0, 0.1) is 0 Å². The number of amides is 1. The third kappa shape index (κ3) is 4.51. The van der Waals surface area contributed by atoms with Crippen LogP contribution in [-0.4, -0.2) is 44.0 Å². The van der Waals surface area contributed by atoms with E-state index in [9.17, 15) is 19.5 Å². The zero-order valence-corrected chi connectivity index (χ0v) is 10.6. The van der Waals surface area contributed by atoms with E-state index in [1.807, 2.05) is 0 Å². The van der Waals surface area contributed by atoms with Gasteiger partial charge in [-0.05, 0) is 13.0 Å². The summed E-state index contributed by atoms with van der Waals surface area (Å²) in [7, 11) is 1.40. The van der Waals surface area contributed by atoms with E-state index in [4.69, 9.17) is 5.11 Å². The Bertz CT molecular complexity index is 550. The first-order valence-corrected chi connectivity index (χ1v) is 5.48. The molecule has 0 spiro atoms. The summed E-state index contributed by atoms with van der Waals surface area (Å²) in [6.45, 7) is 1.07. The number of aromatic nitrogens is 2. The van der Waals surface area contributed by atoms with Gasteiger partial charge >= 0.3 is 5.97 Å². The third-order valence-corrected chi connectivity index (χ3v) is 2.35. The van der Waals surface area contributed by atoms with Gasteiger partial charge in [0.1, 0.15) is 5.69 Å². The lowest BCUT2D eigenvalue weighted by Crippen LogP contribution is -2.42. The number of carboxylic acids is 1. The van der Waals surface area contributed by atoms with Crippen LogP contribution in [0.4, 0.5) is 0 Å². The van der Waals surface area contributed by atoms with Gasteiger partial charge < -0.3 is 15.5 Å². The van der Waals surface area contributed by atoms with Crippen LogP contribution in [-0.2, 0) is 11.8 Å². The highest BCUT2D eigenvalue weighted by Crippen LogP contribution is 2.07. The number of hydrogen-bond acceptors (Lipinski definition) is 5. The Hall–Kier alpha value is -2.22. The van der Waals surface area contributed by atoms with Gasteiger partial charge in [0.05, 0.1) is 12.0 Å². The van der Waals surface area contributed by atoms with Crippen molar-refractivity contribution in [1.29, 1.82) is 0 Å². The number of aliphatic hydroxyl groups is 1. The zero-order valence-electron chi connectivity index (χ0n) is 10.6. The van der Waals surface area contributed by atoms with Crippen molar-refractivity contribution in [1.82, 2.24) is 15.1 Å². The molecule has 0 saturated heterocycles. The lowest BCUT2D eigenvalue weighted by atomic mass is 10.0. The van der Waals surface area contributed by atoms with Crippen molar-refractivity contribution in [2.45, 2.75) is 18.9 Å². The lowest BCUT2D eigenvalue weighted by Gasteiger charge is -2.21. The molecule has 0 saturated carbocycles. The fourth-order valence-corrected chi connectivity index (χ4v) is 1.37. The van der Waals surface area contributed by atoms with Crippen molar-refractivity contribution in [3.63, 3.8) is 0 Å². The summed E-state index contributed by atoms with van der Waals surface area (Å²) in [4.78, 5) is 33.3. The molecule has 0 aromatic carbocycles. The van der Waals surface area contributed by atoms with Crippen LogP contribution >= 0.6 is 0 Å². The number of carbonyl (C=O) groups is 2. The Morgan fingerprint density at radius 3 is 2.63 bits per heavy atom. The Morgan fingerprint density at radius 1 is 1.47 bits per heavy atom. The summed E-state index contributed by atoms with van der Waals surface area (Å²) >= 11 is 0. The molecular weight excluding hydrogens is 254 g/mol. The highest BCUT2D eigenvalue weighted by atomic mass is 16.4. The largest absolute Gasteiger partial charge is 0.481 e. The number of nitrogens with one attached hydrogen (secondary N) is 1. The minimum absolute atomic E-state index is 0.00762. The molecular formula is C11H15N3O5. The van der Waals surface area contributed by atoms with Crippen LogP contribution in [0.25, 0.3) is 0 Å². The quantitative estimate of drug-likeness (QED) is 0.613. The second-order valence-electron chi connectivity index (χ2n) is 4.43. The standard InChI is InChI=1S/C11H15N3O5/c1-11(19,5-9(16)17)6-12-10(18)7-3-4-8(15)14(2)13-7/h3-4,19H,5-6H2,1-2H3,(H,12,18)(H,16,17). The monoisotopic (exact) mass is 269 g/mol. The molecule has 3 N–H and O–H groups in total. The van der Waals surface area contributed by atoms with E-state index in [1.165, 1.54) is 26.1 Å². The Labute approximate surface area is 108 Å². The van der Waals surface area contributed by atoms with E-state index in [-0.39, 0.29) is 17.8 Å². The van der Waals surface area contributed by atoms with Gasteiger partial charge in [-0.2, -0.15) is 5.10 Å². The second-order valence-corrected chi connectivity index (χ2v) is 4.43. The van der Waals surface area contributed by atoms with Crippen molar-refractivity contribution in [2.75, 3.05) is 6.54 Å². The van der Waals surface area contributed by atoms with Gasteiger partial charge in [-0.3, -0.25) is 14.4 Å². The van der Waals surface area contributed by atoms with Crippen molar-refractivity contribution in [3.05, 3.63) is 28.2 Å². The summed E-state index contributed by atoms with van der Waals surface area (Å²) < 4.78 is 1.00. The molecule has 8 heteroatoms. The molecule has 1 heterocycles. The maximum atomic E-state index is 11.7. The predicted molar refractivity (Wildman–Crippen MR) is 64.7 cm³/mol. The summed E-state index contributed by atoms with van der Waals surface area (Å²) in [5.41, 5.74) is -1.90. The van der Waals surface area contributed by atoms with E-state index in [0.717, 1.165) is 4.68 Å². The molecule has 1 rings (SSSR count). The zero-order chi connectivity index (χ0) is 14.6. The van der Waals surface area contributed by atoms with Crippen LogP contribution in [0.15, 0.2) is 16.9 Å². The number of hydrogen-bond donors (Lipinski definition) is 3. The smallest absolute Gasteiger partial charge is 0.306 e. The first-order valence-electron chi connectivity index (χ1n) is 5.48. The minimum Gasteiger partial charge on any atom is -0.481 e. The maximum absolute atomic E-state index is 11.7. The summed E-state index contributed by atoms with van der Waals surface area (Å²) in [6, 6.07) is 2.45. The van der Waals surface area contributed by atoms with E-state index >= 15 is 0 Å². The van der Waals surface area contributed by atoms with E-state index < -0.39 is 23.9 Å². The van der Waals surface area contributed by atoms with Gasteiger partial charge in [0.15, 0.2) is 0 Å². The van der Waals surface area contributed by atoms with Crippen molar-refractivity contribution in [2.24, 2.45) is 7.05 Å². The van der Waals surface area contributed by atoms with E-state index in [1.54, 1.807) is 0 Å². The summed E-state index contributed by atoms with van der Waals surface area (Å²) in [5, 5.41) is 24.4. The van der Waals surface area contributed by atoms with E-state index in [0.29, 0.717) is 0 Å². The summed E-state index contributed by atoms with van der Waals surface area (Å²) in [6.07, 6.45) is -0.492. The topological polar surface area (TPSA) is 122 Å². The molecule has 0 aliphatic heterocycles. The fraction of sp³-hybridized carbons (Fsp3) is 0.455. The molecule has 1 unspecified atom stereocenters. The molecule has 1 atom stereocenters. The van der Waals surface area contributed by atoms with Crippen molar-refractivity contribution >= 4 is 11.9 Å². The molecule has 1 aromatic rings. The summed E-state index contributed by atoms with van der Waals surface area (Å²) in [5.74, 6) is -1.76. The molecule has 1 aromatic heterocycles. The second kappa shape index (κ2) is 5.61. The Balaban J connectivity index is 2.67. The van der Waals surface area contributed by atoms with Gasteiger partial charge in [-0.25, -0.2) is 4.68 Å². The number of aryl methyl sites for hydroxylation is 1. The van der Waals surface area contributed by atoms with Crippen LogP contribution < -0.4 is 10.9 Å². The Kier molecular flexibility index (Phi) is 4.38. The van der Waals surface area contributed by atoms with Gasteiger partial charge in [0.25, 0.3) is 11.5 Å². The average molecular weight is 269 g/mol. The number of aliphatic carboxylic acids is 1. The molecule has 0 fully saturated rings. The first kappa shape index (κ1) is 14.8. The van der Waals surface area contributed by atoms with Gasteiger partial charge in [-0.15, -0.1) is 0 Å². The molecule has 0 bridgehead atoms. The van der Waals surface area contributed by atoms with Crippen molar-refractivity contribution in [3.8, 4) is 0 Å². The first-order chi connectivity index (χ1) is 8.71. The number of nitrogens with zero attached hydrogens (tertiary/aromatic N) is 2. The van der Waals surface area contributed by atoms with Crippen molar-refractivity contribution < 1.29 is 19.8 Å². The molecule has 8 nitrogen and oxygen atoms in total. The third-order valence-electron chi connectivity index (χ3n) is 2.35.